The Balaban J connectivity index is 1.47. The maximum atomic E-state index is 12.9. The summed E-state index contributed by atoms with van der Waals surface area (Å²) < 4.78 is 5.70. The largest absolute Gasteiger partial charge is 0.458 e. The predicted octanol–water partition coefficient (Wildman–Crippen LogP) is 9.32. The summed E-state index contributed by atoms with van der Waals surface area (Å²) in [7, 11) is 0. The number of allylic oxidation sites excluding steroid dienone is 6. The lowest BCUT2D eigenvalue weighted by Crippen LogP contribution is -2.35. The molecule has 232 valence electrons. The maximum absolute atomic E-state index is 12.9. The molecular weight excluding hydrogens is 544 g/mol. The van der Waals surface area contributed by atoms with E-state index in [2.05, 4.69) is 65.5 Å². The summed E-state index contributed by atoms with van der Waals surface area (Å²) in [6, 6.07) is 2.88. The van der Waals surface area contributed by atoms with Crippen molar-refractivity contribution >= 4 is 17.3 Å². The second-order valence-corrected chi connectivity index (χ2v) is 13.5. The van der Waals surface area contributed by atoms with Crippen molar-refractivity contribution in [3.05, 3.63) is 91.6 Å². The molecule has 0 radical (unpaired) electrons. The number of nitro benzene ring substituents is 2. The van der Waals surface area contributed by atoms with Gasteiger partial charge < -0.3 is 4.74 Å². The van der Waals surface area contributed by atoms with Crippen molar-refractivity contribution < 1.29 is 19.4 Å². The van der Waals surface area contributed by atoms with Crippen LogP contribution in [0.1, 0.15) is 96.3 Å². The number of non-ortho nitro benzene ring substituents is 2. The van der Waals surface area contributed by atoms with Crippen molar-refractivity contribution in [3.8, 4) is 0 Å². The van der Waals surface area contributed by atoms with E-state index in [0.29, 0.717) is 48.9 Å². The molecule has 0 aromatic heterocycles. The van der Waals surface area contributed by atoms with E-state index in [1.54, 1.807) is 0 Å². The van der Waals surface area contributed by atoms with Gasteiger partial charge in [0.1, 0.15) is 6.10 Å². The summed E-state index contributed by atoms with van der Waals surface area (Å²) in [4.78, 5) is 33.9. The number of ether oxygens (including phenoxy) is 1. The van der Waals surface area contributed by atoms with E-state index in [1.807, 2.05) is 0 Å². The number of nitro groups is 2. The third kappa shape index (κ3) is 7.34. The second-order valence-electron chi connectivity index (χ2n) is 13.5. The Hall–Kier alpha value is -3.55. The molecule has 0 spiro atoms. The van der Waals surface area contributed by atoms with E-state index in [1.165, 1.54) is 31.3 Å². The van der Waals surface area contributed by atoms with Crippen LogP contribution >= 0.6 is 0 Å². The molecule has 0 saturated heterocycles. The zero-order valence-corrected chi connectivity index (χ0v) is 26.2. The molecule has 0 unspecified atom stereocenters. The third-order valence-electron chi connectivity index (χ3n) is 10.4. The number of esters is 1. The highest BCUT2D eigenvalue weighted by atomic mass is 16.6. The Morgan fingerprint density at radius 2 is 1.67 bits per heavy atom. The average Bonchev–Trinajstić information content (AvgIpc) is 3.33. The van der Waals surface area contributed by atoms with Gasteiger partial charge in [-0.3, -0.25) is 20.2 Å². The molecule has 6 atom stereocenters. The second kappa shape index (κ2) is 13.4. The molecule has 1 aromatic carbocycles. The molecule has 8 nitrogen and oxygen atoms in total. The molecule has 0 heterocycles. The van der Waals surface area contributed by atoms with Gasteiger partial charge in [-0.25, -0.2) is 4.79 Å². The van der Waals surface area contributed by atoms with Gasteiger partial charge in [-0.05, 0) is 85.5 Å². The van der Waals surface area contributed by atoms with Crippen molar-refractivity contribution in [1.29, 1.82) is 0 Å². The molecule has 1 aromatic rings. The van der Waals surface area contributed by atoms with E-state index in [-0.39, 0.29) is 11.0 Å². The molecule has 8 heteroatoms. The molecule has 4 rings (SSSR count). The summed E-state index contributed by atoms with van der Waals surface area (Å²) in [6.07, 6.45) is 16.6. The predicted molar refractivity (Wildman–Crippen MR) is 169 cm³/mol. The standard InChI is InChI=1S/C35H46N2O6/c1-22(2)23(3)9-10-25(5)32-15-16-33-26(8-7-17-35(32,33)6)12-13-27-20-31(14-11-24(27)4)43-34(38)28-18-29(36(39)40)21-30(19-28)37(41)42/h9-10,12-13,18-19,21-23,25,31-33H,4,7-8,11,14-17,20H2,1-3,5-6H3/b10-9+,26-12+,27-13+/t23-,25-,31+,32-,33-,35-/m1/s1. The van der Waals surface area contributed by atoms with Gasteiger partial charge >= 0.3 is 5.97 Å². The van der Waals surface area contributed by atoms with Gasteiger partial charge in [0.15, 0.2) is 0 Å². The molecular formula is C35H46N2O6. The molecule has 3 saturated carbocycles. The minimum absolute atomic E-state index is 0.196. The Morgan fingerprint density at radius 1 is 1.00 bits per heavy atom. The highest BCUT2D eigenvalue weighted by Gasteiger charge is 2.50. The molecule has 0 amide bonds. The lowest BCUT2D eigenvalue weighted by molar-refractivity contribution is -0.394. The fourth-order valence-electron chi connectivity index (χ4n) is 7.47. The highest BCUT2D eigenvalue weighted by molar-refractivity contribution is 5.91. The van der Waals surface area contributed by atoms with Gasteiger partial charge in [-0.15, -0.1) is 0 Å². The first kappa shape index (κ1) is 32.4. The first-order valence-electron chi connectivity index (χ1n) is 15.7. The van der Waals surface area contributed by atoms with Crippen LogP contribution in [0.3, 0.4) is 0 Å². The molecule has 3 fully saturated rings. The van der Waals surface area contributed by atoms with Crippen molar-refractivity contribution in [2.24, 2.45) is 35.0 Å². The van der Waals surface area contributed by atoms with Crippen LogP contribution in [-0.4, -0.2) is 21.9 Å². The fourth-order valence-corrected chi connectivity index (χ4v) is 7.47. The van der Waals surface area contributed by atoms with Crippen molar-refractivity contribution in [2.45, 2.75) is 92.1 Å². The van der Waals surface area contributed by atoms with Crippen LogP contribution in [0.5, 0.6) is 0 Å². The van der Waals surface area contributed by atoms with Crippen LogP contribution in [0.2, 0.25) is 0 Å². The highest BCUT2D eigenvalue weighted by Crippen LogP contribution is 2.59. The summed E-state index contributed by atoms with van der Waals surface area (Å²) in [5.41, 5.74) is 2.63. The maximum Gasteiger partial charge on any atom is 0.338 e. The van der Waals surface area contributed by atoms with E-state index in [0.717, 1.165) is 35.8 Å². The lowest BCUT2D eigenvalue weighted by atomic mass is 9.61. The van der Waals surface area contributed by atoms with Crippen molar-refractivity contribution in [1.82, 2.24) is 0 Å². The van der Waals surface area contributed by atoms with Gasteiger partial charge in [0.25, 0.3) is 11.4 Å². The monoisotopic (exact) mass is 590 g/mol. The third-order valence-corrected chi connectivity index (χ3v) is 10.4. The smallest absolute Gasteiger partial charge is 0.338 e. The van der Waals surface area contributed by atoms with E-state index >= 15 is 0 Å². The Kier molecular flexibility index (Phi) is 10.1. The molecule has 0 bridgehead atoms. The summed E-state index contributed by atoms with van der Waals surface area (Å²) in [5, 5.41) is 22.5. The molecule has 3 aliphatic carbocycles. The Labute approximate surface area is 255 Å². The summed E-state index contributed by atoms with van der Waals surface area (Å²) in [6.45, 7) is 16.0. The van der Waals surface area contributed by atoms with E-state index in [4.69, 9.17) is 4.74 Å². The van der Waals surface area contributed by atoms with Crippen molar-refractivity contribution in [2.75, 3.05) is 0 Å². The van der Waals surface area contributed by atoms with Crippen LogP contribution in [0, 0.1) is 55.2 Å². The first-order chi connectivity index (χ1) is 20.3. The number of hydrogen-bond donors (Lipinski definition) is 0. The number of rotatable bonds is 9. The minimum Gasteiger partial charge on any atom is -0.458 e. The van der Waals surface area contributed by atoms with Gasteiger partial charge in [-0.2, -0.15) is 0 Å². The van der Waals surface area contributed by atoms with E-state index < -0.39 is 33.3 Å². The average molecular weight is 591 g/mol. The minimum atomic E-state index is -0.798. The molecule has 43 heavy (non-hydrogen) atoms. The number of carbonyl (C=O) groups is 1. The van der Waals surface area contributed by atoms with Crippen LogP contribution in [0.25, 0.3) is 0 Å². The van der Waals surface area contributed by atoms with Gasteiger partial charge in [0, 0.05) is 18.6 Å². The number of carbonyl (C=O) groups excluding carboxylic acids is 1. The molecule has 0 aliphatic heterocycles. The summed E-state index contributed by atoms with van der Waals surface area (Å²) >= 11 is 0. The number of hydrogen-bond acceptors (Lipinski definition) is 6. The van der Waals surface area contributed by atoms with Crippen LogP contribution < -0.4 is 0 Å². The zero-order chi connectivity index (χ0) is 31.5. The normalized spacial score (nSPS) is 29.2. The number of fused-ring (bicyclic) bond motifs is 1. The lowest BCUT2D eigenvalue weighted by Gasteiger charge is -2.44. The van der Waals surface area contributed by atoms with Gasteiger partial charge in [0.2, 0.25) is 0 Å². The molecule has 3 aliphatic rings. The van der Waals surface area contributed by atoms with Crippen molar-refractivity contribution in [3.63, 3.8) is 0 Å². The van der Waals surface area contributed by atoms with Gasteiger partial charge in [-0.1, -0.05) is 76.6 Å². The SMILES string of the molecule is C=C1CC[C@H](OC(=O)c2cc([N+](=O)[O-])cc([N+](=O)[O-])c2)C/C1=C\C=C1/CCC[C@@]2(C)[C@@H]1CC[C@@H]2[C@H](C)/C=C/[C@@H](C)C(C)C. The number of nitrogens with zero attached hydrogens (tertiary/aromatic N) is 2. The first-order valence-corrected chi connectivity index (χ1v) is 15.7. The topological polar surface area (TPSA) is 113 Å². The molecule has 0 N–H and O–H groups in total. The van der Waals surface area contributed by atoms with Crippen LogP contribution in [-0.2, 0) is 4.74 Å². The van der Waals surface area contributed by atoms with Gasteiger partial charge in [0.05, 0.1) is 21.5 Å². The van der Waals surface area contributed by atoms with Crippen LogP contribution in [0.15, 0.2) is 65.8 Å². The number of benzene rings is 1. The fraction of sp³-hybridized carbons (Fsp3) is 0.571. The Morgan fingerprint density at radius 3 is 2.30 bits per heavy atom. The quantitative estimate of drug-likeness (QED) is 0.123. The van der Waals surface area contributed by atoms with E-state index in [9.17, 15) is 25.0 Å². The van der Waals surface area contributed by atoms with Crippen LogP contribution in [0.4, 0.5) is 11.4 Å². The zero-order valence-electron chi connectivity index (χ0n) is 26.2. The summed E-state index contributed by atoms with van der Waals surface area (Å²) in [5.74, 6) is 2.21. The Bertz CT molecular complexity index is 1330.